The van der Waals surface area contributed by atoms with Crippen LogP contribution in [0.25, 0.3) is 17.3 Å². The first-order valence-electron chi connectivity index (χ1n) is 21.6. The lowest BCUT2D eigenvalue weighted by Gasteiger charge is -2.32. The van der Waals surface area contributed by atoms with Gasteiger partial charge in [0.15, 0.2) is 0 Å². The van der Waals surface area contributed by atoms with Crippen molar-refractivity contribution in [2.24, 2.45) is 0 Å². The number of anilines is 1. The van der Waals surface area contributed by atoms with Gasteiger partial charge in [-0.25, -0.2) is 27.1 Å². The van der Waals surface area contributed by atoms with Gasteiger partial charge in [0.05, 0.1) is 36.3 Å². The smallest absolute Gasteiger partial charge is 0.239 e. The standard InChI is InChI=1S/C45H70FN5O6S/c1-6-7-8-9-10-11-12-13-14-15-16-17-18-19-20-21-42(55)51-30-28-37(29-31-51)47-41(54)33-39(53)32-38(52)26-27-40-43(34(2)3)48-45(50(4)58(5,56)57)49-44(40)35-22-24-36(46)25-23-35/h13-14,22-27,34,37-39,52-53H,6-12,15-21,28-33H2,1-5H3,(H,47,54)/t38-,39-/m1/s1. The van der Waals surface area contributed by atoms with Crippen molar-refractivity contribution < 1.29 is 32.6 Å². The van der Waals surface area contributed by atoms with Crippen LogP contribution >= 0.6 is 0 Å². The summed E-state index contributed by atoms with van der Waals surface area (Å²) < 4.78 is 39.4. The summed E-state index contributed by atoms with van der Waals surface area (Å²) in [5, 5.41) is 24.5. The highest BCUT2D eigenvalue weighted by atomic mass is 32.2. The predicted molar refractivity (Wildman–Crippen MR) is 232 cm³/mol. The van der Waals surface area contributed by atoms with Gasteiger partial charge >= 0.3 is 0 Å². The number of halogens is 1. The molecule has 1 aromatic heterocycles. The van der Waals surface area contributed by atoms with Gasteiger partial charge in [-0.1, -0.05) is 96.4 Å². The van der Waals surface area contributed by atoms with Crippen LogP contribution in [0.4, 0.5) is 10.3 Å². The summed E-state index contributed by atoms with van der Waals surface area (Å²) in [5.41, 5.74) is 1.90. The molecule has 0 radical (unpaired) electrons. The number of carbonyl (C=O) groups excluding carboxylic acids is 2. The van der Waals surface area contributed by atoms with Crippen LogP contribution in [0.2, 0.25) is 0 Å². The topological polar surface area (TPSA) is 153 Å². The molecule has 1 aliphatic heterocycles. The average Bonchev–Trinajstić information content (AvgIpc) is 3.18. The van der Waals surface area contributed by atoms with Crippen LogP contribution in [0.5, 0.6) is 0 Å². The third-order valence-electron chi connectivity index (χ3n) is 10.7. The summed E-state index contributed by atoms with van der Waals surface area (Å²) in [7, 11) is -2.33. The Labute approximate surface area is 347 Å². The van der Waals surface area contributed by atoms with Gasteiger partial charge in [-0.3, -0.25) is 9.59 Å². The van der Waals surface area contributed by atoms with Crippen molar-refractivity contribution >= 4 is 33.9 Å². The molecule has 0 unspecified atom stereocenters. The summed E-state index contributed by atoms with van der Waals surface area (Å²) in [5.74, 6) is -0.811. The van der Waals surface area contributed by atoms with Gasteiger partial charge in [0, 0.05) is 50.1 Å². The molecular weight excluding hydrogens is 758 g/mol. The van der Waals surface area contributed by atoms with E-state index in [1.807, 2.05) is 18.7 Å². The van der Waals surface area contributed by atoms with E-state index in [1.54, 1.807) is 6.08 Å². The molecule has 11 nitrogen and oxygen atoms in total. The molecule has 0 saturated carbocycles. The predicted octanol–water partition coefficient (Wildman–Crippen LogP) is 8.46. The molecule has 0 spiro atoms. The van der Waals surface area contributed by atoms with Crippen molar-refractivity contribution in [3.05, 3.63) is 59.6 Å². The normalized spacial score (nSPS) is 15.1. The van der Waals surface area contributed by atoms with Crippen LogP contribution < -0.4 is 9.62 Å². The SMILES string of the molecule is CCCCCCCCC=CCCCCCCCC(=O)N1CCC(NC(=O)C[C@H](O)C[C@H](O)C=Cc2c(-c3ccc(F)cc3)nc(N(C)S(C)(=O)=O)nc2C(C)C)CC1. The number of rotatable bonds is 26. The van der Waals surface area contributed by atoms with Crippen molar-refractivity contribution in [3.8, 4) is 11.3 Å². The molecule has 58 heavy (non-hydrogen) atoms. The molecule has 2 aromatic rings. The zero-order valence-corrected chi connectivity index (χ0v) is 36.5. The first kappa shape index (κ1) is 48.7. The Morgan fingerprint density at radius 3 is 2.10 bits per heavy atom. The van der Waals surface area contributed by atoms with Crippen LogP contribution in [-0.2, 0) is 19.6 Å². The summed E-state index contributed by atoms with van der Waals surface area (Å²) >= 11 is 0. The number of benzene rings is 1. The number of aromatic nitrogens is 2. The monoisotopic (exact) mass is 828 g/mol. The van der Waals surface area contributed by atoms with E-state index in [1.165, 1.54) is 95.2 Å². The molecular formula is C45H70FN5O6S. The third-order valence-corrected chi connectivity index (χ3v) is 11.9. The lowest BCUT2D eigenvalue weighted by atomic mass is 9.97. The van der Waals surface area contributed by atoms with E-state index < -0.39 is 28.0 Å². The Kier molecular flexibility index (Phi) is 21.6. The maximum Gasteiger partial charge on any atom is 0.239 e. The van der Waals surface area contributed by atoms with Gasteiger partial charge in [0.25, 0.3) is 0 Å². The van der Waals surface area contributed by atoms with Crippen LogP contribution in [0.15, 0.2) is 42.5 Å². The highest BCUT2D eigenvalue weighted by Gasteiger charge is 2.25. The Bertz CT molecular complexity index is 1710. The van der Waals surface area contributed by atoms with Crippen LogP contribution in [0.3, 0.4) is 0 Å². The van der Waals surface area contributed by atoms with Crippen molar-refractivity contribution in [2.45, 2.75) is 161 Å². The fourth-order valence-electron chi connectivity index (χ4n) is 7.12. The van der Waals surface area contributed by atoms with Gasteiger partial charge in [-0.2, -0.15) is 0 Å². The number of nitrogens with zero attached hydrogens (tertiary/aromatic N) is 4. The van der Waals surface area contributed by atoms with Gasteiger partial charge in [-0.15, -0.1) is 0 Å². The van der Waals surface area contributed by atoms with Gasteiger partial charge in [0.2, 0.25) is 27.8 Å². The Hall–Kier alpha value is -3.68. The summed E-state index contributed by atoms with van der Waals surface area (Å²) in [6, 6.07) is 5.53. The minimum Gasteiger partial charge on any atom is -0.392 e. The molecule has 324 valence electrons. The largest absolute Gasteiger partial charge is 0.392 e. The molecule has 1 saturated heterocycles. The van der Waals surface area contributed by atoms with E-state index in [2.05, 4.69) is 34.4 Å². The average molecular weight is 828 g/mol. The number of aliphatic hydroxyl groups excluding tert-OH is 2. The lowest BCUT2D eigenvalue weighted by molar-refractivity contribution is -0.132. The molecule has 2 atom stereocenters. The Morgan fingerprint density at radius 1 is 0.931 bits per heavy atom. The van der Waals surface area contributed by atoms with Crippen LogP contribution in [0, 0.1) is 5.82 Å². The Balaban J connectivity index is 1.39. The van der Waals surface area contributed by atoms with Gasteiger partial charge < -0.3 is 20.4 Å². The van der Waals surface area contributed by atoms with E-state index in [9.17, 15) is 32.6 Å². The highest BCUT2D eigenvalue weighted by Crippen LogP contribution is 2.32. The quantitative estimate of drug-likeness (QED) is 0.0631. The number of hydrogen-bond acceptors (Lipinski definition) is 8. The van der Waals surface area contributed by atoms with Crippen LogP contribution in [-0.4, -0.2) is 90.0 Å². The molecule has 2 amide bonds. The molecule has 3 N–H and O–H groups in total. The number of unbranched alkanes of at least 4 members (excludes halogenated alkanes) is 11. The van der Waals surface area contributed by atoms with Gasteiger partial charge in [-0.05, 0) is 75.1 Å². The molecule has 0 aliphatic carbocycles. The molecule has 0 bridgehead atoms. The lowest BCUT2D eigenvalue weighted by Crippen LogP contribution is -2.47. The molecule has 1 aromatic carbocycles. The minimum atomic E-state index is -3.68. The summed E-state index contributed by atoms with van der Waals surface area (Å²) in [6.07, 6.45) is 24.0. The van der Waals surface area contributed by atoms with Crippen molar-refractivity contribution in [1.82, 2.24) is 20.2 Å². The fourth-order valence-corrected chi connectivity index (χ4v) is 7.50. The number of aliphatic hydroxyl groups is 2. The van der Waals surface area contributed by atoms with E-state index in [4.69, 9.17) is 0 Å². The zero-order chi connectivity index (χ0) is 42.5. The van der Waals surface area contributed by atoms with E-state index >= 15 is 0 Å². The second-order valence-electron chi connectivity index (χ2n) is 16.1. The number of sulfonamides is 1. The molecule has 13 heteroatoms. The van der Waals surface area contributed by atoms with Crippen molar-refractivity contribution in [1.29, 1.82) is 0 Å². The molecule has 2 heterocycles. The second kappa shape index (κ2) is 25.7. The first-order valence-corrected chi connectivity index (χ1v) is 23.4. The van der Waals surface area contributed by atoms with E-state index in [0.717, 1.165) is 36.2 Å². The van der Waals surface area contributed by atoms with Crippen molar-refractivity contribution in [2.75, 3.05) is 30.7 Å². The maximum absolute atomic E-state index is 13.8. The number of allylic oxidation sites excluding steroid dienone is 2. The summed E-state index contributed by atoms with van der Waals surface area (Å²) in [4.78, 5) is 36.6. The number of amides is 2. The minimum absolute atomic E-state index is 0.0457. The van der Waals surface area contributed by atoms with E-state index in [0.29, 0.717) is 54.9 Å². The first-order chi connectivity index (χ1) is 27.7. The van der Waals surface area contributed by atoms with Gasteiger partial charge in [0.1, 0.15) is 5.82 Å². The summed E-state index contributed by atoms with van der Waals surface area (Å²) in [6.45, 7) is 7.21. The number of nitrogens with one attached hydrogen (secondary N) is 1. The number of hydrogen-bond donors (Lipinski definition) is 3. The number of likely N-dealkylation sites (tertiary alicyclic amines) is 1. The Morgan fingerprint density at radius 2 is 1.52 bits per heavy atom. The molecule has 1 fully saturated rings. The highest BCUT2D eigenvalue weighted by molar-refractivity contribution is 7.92. The molecule has 1 aliphatic rings. The van der Waals surface area contributed by atoms with E-state index in [-0.39, 0.29) is 42.6 Å². The second-order valence-corrected chi connectivity index (χ2v) is 18.2. The van der Waals surface area contributed by atoms with Crippen LogP contribution in [0.1, 0.15) is 154 Å². The zero-order valence-electron chi connectivity index (χ0n) is 35.7. The molecule has 3 rings (SSSR count). The van der Waals surface area contributed by atoms with Crippen molar-refractivity contribution in [3.63, 3.8) is 0 Å². The number of carbonyl (C=O) groups is 2. The fraction of sp³-hybridized carbons (Fsp3) is 0.644. The third kappa shape index (κ3) is 17.7. The number of piperidine rings is 1. The maximum atomic E-state index is 13.8.